The number of hydrogen-bond acceptors (Lipinski definition) is 3. The molecule has 0 aliphatic carbocycles. The van der Waals surface area contributed by atoms with Crippen molar-refractivity contribution in [3.63, 3.8) is 0 Å². The van der Waals surface area contributed by atoms with Gasteiger partial charge >= 0.3 is 0 Å². The van der Waals surface area contributed by atoms with Crippen molar-refractivity contribution in [2.75, 3.05) is 32.8 Å². The molecule has 0 amide bonds. The molecule has 2 rings (SSSR count). The highest BCUT2D eigenvalue weighted by atomic mass is 16.3. The second-order valence-corrected chi connectivity index (χ2v) is 6.19. The summed E-state index contributed by atoms with van der Waals surface area (Å²) in [6.07, 6.45) is 1.28. The molecule has 3 heteroatoms. The molecule has 1 aromatic carbocycles. The van der Waals surface area contributed by atoms with Gasteiger partial charge in [-0.1, -0.05) is 30.3 Å². The van der Waals surface area contributed by atoms with Gasteiger partial charge in [0.25, 0.3) is 0 Å². The monoisotopic (exact) mass is 276 g/mol. The van der Waals surface area contributed by atoms with E-state index in [9.17, 15) is 0 Å². The number of benzene rings is 1. The van der Waals surface area contributed by atoms with Gasteiger partial charge in [0.05, 0.1) is 6.61 Å². The minimum absolute atomic E-state index is 0.263. The molecule has 1 fully saturated rings. The van der Waals surface area contributed by atoms with E-state index in [0.717, 1.165) is 25.6 Å². The number of hydrogen-bond donors (Lipinski definition) is 1. The van der Waals surface area contributed by atoms with Crippen LogP contribution >= 0.6 is 0 Å². The van der Waals surface area contributed by atoms with Crippen molar-refractivity contribution in [1.82, 2.24) is 9.80 Å². The van der Waals surface area contributed by atoms with Crippen LogP contribution in [-0.2, 0) is 6.54 Å². The molecular formula is C17H28N2O. The van der Waals surface area contributed by atoms with Gasteiger partial charge in [0.15, 0.2) is 0 Å². The normalized spacial score (nSPS) is 20.1. The van der Waals surface area contributed by atoms with E-state index in [1.165, 1.54) is 25.1 Å². The Morgan fingerprint density at radius 2 is 2.05 bits per heavy atom. The summed E-state index contributed by atoms with van der Waals surface area (Å²) in [5, 5.41) is 9.15. The van der Waals surface area contributed by atoms with E-state index in [-0.39, 0.29) is 6.61 Å². The third kappa shape index (κ3) is 4.58. The lowest BCUT2D eigenvalue weighted by Crippen LogP contribution is -2.38. The number of aliphatic hydroxyl groups excluding tert-OH is 1. The van der Waals surface area contributed by atoms with Crippen LogP contribution in [0.1, 0.15) is 25.8 Å². The standard InChI is InChI=1S/C17H28N2O/c1-15(2)19(10-11-20)14-17-8-9-18(13-17)12-16-6-4-3-5-7-16/h3-7,15,17,20H,8-14H2,1-2H3/t17-/m1/s1. The van der Waals surface area contributed by atoms with Crippen LogP contribution < -0.4 is 0 Å². The van der Waals surface area contributed by atoms with Gasteiger partial charge in [-0.25, -0.2) is 0 Å². The molecular weight excluding hydrogens is 248 g/mol. The molecule has 1 aliphatic rings. The molecule has 1 heterocycles. The molecule has 0 saturated carbocycles. The summed E-state index contributed by atoms with van der Waals surface area (Å²) < 4.78 is 0. The first-order valence-electron chi connectivity index (χ1n) is 7.80. The minimum Gasteiger partial charge on any atom is -0.395 e. The SMILES string of the molecule is CC(C)N(CCO)C[C@@H]1CCN(Cc2ccccc2)C1. The van der Waals surface area contributed by atoms with Crippen LogP contribution in [0.4, 0.5) is 0 Å². The van der Waals surface area contributed by atoms with Crippen molar-refractivity contribution < 1.29 is 5.11 Å². The Morgan fingerprint density at radius 3 is 2.70 bits per heavy atom. The first kappa shape index (κ1) is 15.5. The van der Waals surface area contributed by atoms with E-state index in [2.05, 4.69) is 54.0 Å². The summed E-state index contributed by atoms with van der Waals surface area (Å²) in [7, 11) is 0. The van der Waals surface area contributed by atoms with Crippen molar-refractivity contribution in [1.29, 1.82) is 0 Å². The van der Waals surface area contributed by atoms with E-state index in [0.29, 0.717) is 6.04 Å². The highest BCUT2D eigenvalue weighted by Crippen LogP contribution is 2.20. The van der Waals surface area contributed by atoms with Gasteiger partial charge in [-0.05, 0) is 38.3 Å². The molecule has 0 aromatic heterocycles. The van der Waals surface area contributed by atoms with Gasteiger partial charge < -0.3 is 5.11 Å². The molecule has 3 nitrogen and oxygen atoms in total. The van der Waals surface area contributed by atoms with Crippen molar-refractivity contribution in [2.24, 2.45) is 5.92 Å². The van der Waals surface area contributed by atoms with Crippen LogP contribution in [0.15, 0.2) is 30.3 Å². The second-order valence-electron chi connectivity index (χ2n) is 6.19. The maximum Gasteiger partial charge on any atom is 0.0558 e. The summed E-state index contributed by atoms with van der Waals surface area (Å²) >= 11 is 0. The Hall–Kier alpha value is -0.900. The lowest BCUT2D eigenvalue weighted by molar-refractivity contribution is 0.144. The van der Waals surface area contributed by atoms with Crippen LogP contribution in [0.25, 0.3) is 0 Å². The summed E-state index contributed by atoms with van der Waals surface area (Å²) in [4.78, 5) is 4.95. The summed E-state index contributed by atoms with van der Waals surface area (Å²) in [6.45, 7) is 10.1. The van der Waals surface area contributed by atoms with Crippen LogP contribution in [-0.4, -0.2) is 53.7 Å². The average Bonchev–Trinajstić information content (AvgIpc) is 2.86. The molecule has 1 atom stereocenters. The number of aliphatic hydroxyl groups is 1. The van der Waals surface area contributed by atoms with E-state index in [1.54, 1.807) is 0 Å². The van der Waals surface area contributed by atoms with Gasteiger partial charge in [0, 0.05) is 32.2 Å². The molecule has 1 aliphatic heterocycles. The topological polar surface area (TPSA) is 26.7 Å². The number of nitrogens with zero attached hydrogens (tertiary/aromatic N) is 2. The molecule has 0 radical (unpaired) electrons. The fourth-order valence-electron chi connectivity index (χ4n) is 3.07. The molecule has 1 aromatic rings. The van der Waals surface area contributed by atoms with Crippen LogP contribution in [0, 0.1) is 5.92 Å². The lowest BCUT2D eigenvalue weighted by atomic mass is 10.1. The van der Waals surface area contributed by atoms with Crippen LogP contribution in [0.2, 0.25) is 0 Å². The number of likely N-dealkylation sites (tertiary alicyclic amines) is 1. The predicted octanol–water partition coefficient (Wildman–Crippen LogP) is 2.21. The largest absolute Gasteiger partial charge is 0.395 e. The smallest absolute Gasteiger partial charge is 0.0558 e. The Labute approximate surface area is 123 Å². The third-order valence-corrected chi connectivity index (χ3v) is 4.23. The van der Waals surface area contributed by atoms with Gasteiger partial charge in [-0.2, -0.15) is 0 Å². The van der Waals surface area contributed by atoms with Gasteiger partial charge in [-0.3, -0.25) is 9.80 Å². The molecule has 0 unspecified atom stereocenters. The maximum absolute atomic E-state index is 9.15. The molecule has 0 spiro atoms. The molecule has 112 valence electrons. The minimum atomic E-state index is 0.263. The quantitative estimate of drug-likeness (QED) is 0.827. The number of rotatable bonds is 7. The Bertz CT molecular complexity index is 380. The fraction of sp³-hybridized carbons (Fsp3) is 0.647. The summed E-state index contributed by atoms with van der Waals surface area (Å²) in [5.41, 5.74) is 1.41. The van der Waals surface area contributed by atoms with Crippen molar-refractivity contribution in [3.05, 3.63) is 35.9 Å². The molecule has 1 N–H and O–H groups in total. The van der Waals surface area contributed by atoms with Crippen molar-refractivity contribution in [2.45, 2.75) is 32.9 Å². The first-order chi connectivity index (χ1) is 9.69. The lowest BCUT2D eigenvalue weighted by Gasteiger charge is -2.28. The van der Waals surface area contributed by atoms with Crippen molar-refractivity contribution >= 4 is 0 Å². The molecule has 1 saturated heterocycles. The molecule has 0 bridgehead atoms. The Morgan fingerprint density at radius 1 is 1.30 bits per heavy atom. The first-order valence-corrected chi connectivity index (χ1v) is 7.80. The van der Waals surface area contributed by atoms with E-state index in [4.69, 9.17) is 5.11 Å². The zero-order valence-corrected chi connectivity index (χ0v) is 12.8. The van der Waals surface area contributed by atoms with Crippen LogP contribution in [0.3, 0.4) is 0 Å². The summed E-state index contributed by atoms with van der Waals surface area (Å²) in [6, 6.07) is 11.2. The highest BCUT2D eigenvalue weighted by molar-refractivity contribution is 5.14. The second kappa shape index (κ2) is 7.77. The van der Waals surface area contributed by atoms with Gasteiger partial charge in [0.1, 0.15) is 0 Å². The van der Waals surface area contributed by atoms with Gasteiger partial charge in [-0.15, -0.1) is 0 Å². The molecule has 20 heavy (non-hydrogen) atoms. The van der Waals surface area contributed by atoms with E-state index in [1.807, 2.05) is 0 Å². The third-order valence-electron chi connectivity index (χ3n) is 4.23. The summed E-state index contributed by atoms with van der Waals surface area (Å²) in [5.74, 6) is 0.743. The Balaban J connectivity index is 1.80. The van der Waals surface area contributed by atoms with E-state index < -0.39 is 0 Å². The van der Waals surface area contributed by atoms with E-state index >= 15 is 0 Å². The fourth-order valence-corrected chi connectivity index (χ4v) is 3.07. The van der Waals surface area contributed by atoms with Crippen molar-refractivity contribution in [3.8, 4) is 0 Å². The zero-order valence-electron chi connectivity index (χ0n) is 12.8. The Kier molecular flexibility index (Phi) is 6.02. The van der Waals surface area contributed by atoms with Crippen LogP contribution in [0.5, 0.6) is 0 Å². The zero-order chi connectivity index (χ0) is 14.4. The highest BCUT2D eigenvalue weighted by Gasteiger charge is 2.25. The predicted molar refractivity (Wildman–Crippen MR) is 83.6 cm³/mol. The maximum atomic E-state index is 9.15. The van der Waals surface area contributed by atoms with Gasteiger partial charge in [0.2, 0.25) is 0 Å². The average molecular weight is 276 g/mol.